The highest BCUT2D eigenvalue weighted by atomic mass is 32.2. The quantitative estimate of drug-likeness (QED) is 0.227. The second kappa shape index (κ2) is 10.9. The molecule has 9 heteroatoms. The van der Waals surface area contributed by atoms with Crippen molar-refractivity contribution in [1.82, 2.24) is 4.57 Å². The Morgan fingerprint density at radius 2 is 1.78 bits per heavy atom. The molecule has 3 aromatic rings. The number of benzene rings is 2. The first kappa shape index (κ1) is 26.6. The standard InChI is InChI=1S/C28H31NO7S/c1-18-11-12-19(2)27(14-18)37(32,33)36-26-10-6-5-9-23(26)28(31)35-17-25(30)24-15-20(3)29(21(24)4)16-22-8-7-13-34-22/h5-6,9-12,14-15,22H,7-8,13,16-17H2,1-4H3. The third kappa shape index (κ3) is 5.94. The Kier molecular flexibility index (Phi) is 7.85. The summed E-state index contributed by atoms with van der Waals surface area (Å²) in [4.78, 5) is 25.8. The van der Waals surface area contributed by atoms with Gasteiger partial charge in [0.1, 0.15) is 10.5 Å². The van der Waals surface area contributed by atoms with Crippen molar-refractivity contribution in [3.8, 4) is 5.75 Å². The summed E-state index contributed by atoms with van der Waals surface area (Å²) in [5, 5.41) is 0. The first-order valence-electron chi connectivity index (χ1n) is 12.2. The molecular weight excluding hydrogens is 494 g/mol. The van der Waals surface area contributed by atoms with Crippen LogP contribution < -0.4 is 4.18 Å². The van der Waals surface area contributed by atoms with E-state index >= 15 is 0 Å². The van der Waals surface area contributed by atoms with Crippen molar-refractivity contribution in [2.75, 3.05) is 13.2 Å². The van der Waals surface area contributed by atoms with E-state index in [9.17, 15) is 18.0 Å². The number of esters is 1. The minimum absolute atomic E-state index is 0.0178. The highest BCUT2D eigenvalue weighted by molar-refractivity contribution is 7.87. The molecule has 37 heavy (non-hydrogen) atoms. The van der Waals surface area contributed by atoms with Crippen LogP contribution in [0.1, 0.15) is 56.1 Å². The fourth-order valence-electron chi connectivity index (χ4n) is 4.49. The van der Waals surface area contributed by atoms with Crippen LogP contribution in [0.2, 0.25) is 0 Å². The molecule has 0 bridgehead atoms. The Morgan fingerprint density at radius 1 is 1.03 bits per heavy atom. The number of ether oxygens (including phenoxy) is 2. The van der Waals surface area contributed by atoms with Crippen LogP contribution in [0.3, 0.4) is 0 Å². The lowest BCUT2D eigenvalue weighted by atomic mass is 10.1. The number of Topliss-reactive ketones (excluding diaryl/α,β-unsaturated/α-hetero) is 1. The lowest BCUT2D eigenvalue weighted by Crippen LogP contribution is -2.19. The molecule has 2 heterocycles. The van der Waals surface area contributed by atoms with Crippen molar-refractivity contribution in [1.29, 1.82) is 0 Å². The molecule has 4 rings (SSSR count). The molecule has 1 aliphatic heterocycles. The summed E-state index contributed by atoms with van der Waals surface area (Å²) < 4.78 is 44.3. The Balaban J connectivity index is 1.47. The minimum Gasteiger partial charge on any atom is -0.454 e. The molecule has 1 fully saturated rings. The molecule has 2 aromatic carbocycles. The number of para-hydroxylation sites is 1. The van der Waals surface area contributed by atoms with E-state index in [-0.39, 0.29) is 28.1 Å². The predicted octanol–water partition coefficient (Wildman–Crippen LogP) is 4.71. The van der Waals surface area contributed by atoms with Gasteiger partial charge in [0.05, 0.1) is 6.10 Å². The largest absolute Gasteiger partial charge is 0.454 e. The molecular formula is C28H31NO7S. The van der Waals surface area contributed by atoms with E-state index in [2.05, 4.69) is 0 Å². The van der Waals surface area contributed by atoms with Crippen LogP contribution in [0, 0.1) is 27.7 Å². The number of rotatable bonds is 9. The summed E-state index contributed by atoms with van der Waals surface area (Å²) in [6.07, 6.45) is 2.14. The topological polar surface area (TPSA) is 101 Å². The Morgan fingerprint density at radius 3 is 2.51 bits per heavy atom. The van der Waals surface area contributed by atoms with Gasteiger partial charge in [0.15, 0.2) is 12.4 Å². The van der Waals surface area contributed by atoms with Gasteiger partial charge in [-0.15, -0.1) is 0 Å². The molecule has 0 N–H and O–H groups in total. The van der Waals surface area contributed by atoms with E-state index in [0.29, 0.717) is 17.7 Å². The molecule has 196 valence electrons. The van der Waals surface area contributed by atoms with Gasteiger partial charge in [-0.25, -0.2) is 4.79 Å². The van der Waals surface area contributed by atoms with Crippen LogP contribution in [-0.2, 0) is 26.1 Å². The Bertz CT molecular complexity index is 1430. The van der Waals surface area contributed by atoms with Crippen LogP contribution >= 0.6 is 0 Å². The van der Waals surface area contributed by atoms with Crippen LogP contribution in [-0.4, -0.2) is 44.1 Å². The summed E-state index contributed by atoms with van der Waals surface area (Å²) >= 11 is 0. The summed E-state index contributed by atoms with van der Waals surface area (Å²) in [7, 11) is -4.20. The first-order chi connectivity index (χ1) is 17.6. The number of nitrogens with zero attached hydrogens (tertiary/aromatic N) is 1. The van der Waals surface area contributed by atoms with Gasteiger partial charge in [-0.2, -0.15) is 8.42 Å². The number of hydrogen-bond acceptors (Lipinski definition) is 7. The van der Waals surface area contributed by atoms with Crippen molar-refractivity contribution in [3.05, 3.63) is 82.2 Å². The average Bonchev–Trinajstić information content (AvgIpc) is 3.47. The molecule has 1 saturated heterocycles. The lowest BCUT2D eigenvalue weighted by molar-refractivity contribution is 0.0472. The number of carbonyl (C=O) groups excluding carboxylic acids is 2. The molecule has 0 radical (unpaired) electrons. The second-order valence-corrected chi connectivity index (χ2v) is 10.8. The van der Waals surface area contributed by atoms with Crippen LogP contribution in [0.4, 0.5) is 0 Å². The summed E-state index contributed by atoms with van der Waals surface area (Å²) in [6, 6.07) is 12.7. The van der Waals surface area contributed by atoms with Crippen molar-refractivity contribution < 1.29 is 31.7 Å². The molecule has 1 unspecified atom stereocenters. The number of ketones is 1. The molecule has 0 aliphatic carbocycles. The van der Waals surface area contributed by atoms with Crippen molar-refractivity contribution in [3.63, 3.8) is 0 Å². The number of hydrogen-bond donors (Lipinski definition) is 0. The van der Waals surface area contributed by atoms with Gasteiger partial charge in [-0.1, -0.05) is 24.3 Å². The highest BCUT2D eigenvalue weighted by Gasteiger charge is 2.25. The van der Waals surface area contributed by atoms with Crippen LogP contribution in [0.25, 0.3) is 0 Å². The molecule has 1 atom stereocenters. The Hall–Kier alpha value is -3.43. The predicted molar refractivity (Wildman–Crippen MR) is 138 cm³/mol. The maximum atomic E-state index is 13.0. The first-order valence-corrected chi connectivity index (χ1v) is 13.6. The fraction of sp³-hybridized carbons (Fsp3) is 0.357. The maximum Gasteiger partial charge on any atom is 0.342 e. The number of carbonyl (C=O) groups is 2. The van der Waals surface area contributed by atoms with Gasteiger partial charge in [0, 0.05) is 30.1 Å². The molecule has 0 amide bonds. The van der Waals surface area contributed by atoms with Gasteiger partial charge in [0.25, 0.3) is 0 Å². The van der Waals surface area contributed by atoms with Crippen molar-refractivity contribution in [2.24, 2.45) is 0 Å². The molecule has 0 spiro atoms. The SMILES string of the molecule is Cc1ccc(C)c(S(=O)(=O)Oc2ccccc2C(=O)OCC(=O)c2cc(C)n(CC3CCCO3)c2C)c1. The van der Waals surface area contributed by atoms with E-state index in [1.807, 2.05) is 18.4 Å². The smallest absolute Gasteiger partial charge is 0.342 e. The monoisotopic (exact) mass is 525 g/mol. The molecule has 0 saturated carbocycles. The zero-order valence-corrected chi connectivity index (χ0v) is 22.3. The van der Waals surface area contributed by atoms with Gasteiger partial charge >= 0.3 is 16.1 Å². The number of aryl methyl sites for hydroxylation is 3. The normalized spacial score (nSPS) is 15.5. The van der Waals surface area contributed by atoms with Gasteiger partial charge in [-0.3, -0.25) is 4.79 Å². The zero-order chi connectivity index (χ0) is 26.7. The van der Waals surface area contributed by atoms with E-state index in [1.165, 1.54) is 18.2 Å². The second-order valence-electron chi connectivity index (χ2n) is 9.33. The van der Waals surface area contributed by atoms with E-state index in [0.717, 1.165) is 36.4 Å². The maximum absolute atomic E-state index is 13.0. The Labute approximate surface area is 217 Å². The van der Waals surface area contributed by atoms with Crippen LogP contribution in [0.5, 0.6) is 5.75 Å². The van der Waals surface area contributed by atoms with E-state index < -0.39 is 22.7 Å². The minimum atomic E-state index is -4.20. The summed E-state index contributed by atoms with van der Waals surface area (Å²) in [6.45, 7) is 8.17. The lowest BCUT2D eigenvalue weighted by Gasteiger charge is -2.15. The molecule has 1 aromatic heterocycles. The highest BCUT2D eigenvalue weighted by Crippen LogP contribution is 2.26. The van der Waals surface area contributed by atoms with E-state index in [4.69, 9.17) is 13.7 Å². The average molecular weight is 526 g/mol. The van der Waals surface area contributed by atoms with Crippen molar-refractivity contribution in [2.45, 2.75) is 58.1 Å². The van der Waals surface area contributed by atoms with Gasteiger partial charge in [0.2, 0.25) is 5.78 Å². The third-order valence-corrected chi connectivity index (χ3v) is 7.92. The van der Waals surface area contributed by atoms with E-state index in [1.54, 1.807) is 44.2 Å². The molecule has 1 aliphatic rings. The third-order valence-electron chi connectivity index (χ3n) is 6.54. The summed E-state index contributed by atoms with van der Waals surface area (Å²) in [5.74, 6) is -1.37. The zero-order valence-electron chi connectivity index (χ0n) is 21.4. The summed E-state index contributed by atoms with van der Waals surface area (Å²) in [5.41, 5.74) is 3.39. The number of aromatic nitrogens is 1. The van der Waals surface area contributed by atoms with Crippen LogP contribution in [0.15, 0.2) is 53.4 Å². The van der Waals surface area contributed by atoms with Crippen molar-refractivity contribution >= 4 is 21.9 Å². The molecule has 8 nitrogen and oxygen atoms in total. The fourth-order valence-corrected chi connectivity index (χ4v) is 5.75. The van der Waals surface area contributed by atoms with Gasteiger partial charge in [-0.05, 0) is 75.9 Å². The van der Waals surface area contributed by atoms with Gasteiger partial charge < -0.3 is 18.2 Å².